The average Bonchev–Trinajstić information content (AvgIpc) is 2.56. The molecule has 134 valence electrons. The first-order chi connectivity index (χ1) is 11.3. The number of amides is 1. The van der Waals surface area contributed by atoms with Crippen molar-refractivity contribution in [2.24, 2.45) is 5.92 Å². The van der Waals surface area contributed by atoms with Gasteiger partial charge in [0.2, 0.25) is 10.0 Å². The number of hydrogen-bond acceptors (Lipinski definition) is 4. The molecule has 1 aromatic carbocycles. The van der Waals surface area contributed by atoms with E-state index in [1.807, 2.05) is 0 Å². The zero-order valence-corrected chi connectivity index (χ0v) is 14.4. The average molecular weight is 358 g/mol. The van der Waals surface area contributed by atoms with Crippen LogP contribution in [0, 0.1) is 18.7 Å². The number of halogens is 1. The highest BCUT2D eigenvalue weighted by molar-refractivity contribution is 7.89. The van der Waals surface area contributed by atoms with Crippen LogP contribution in [0.5, 0.6) is 0 Å². The van der Waals surface area contributed by atoms with E-state index in [1.165, 1.54) is 18.5 Å². The summed E-state index contributed by atoms with van der Waals surface area (Å²) in [7, 11) is -3.99. The zero-order chi connectivity index (χ0) is 17.7. The molecule has 1 aliphatic carbocycles. The van der Waals surface area contributed by atoms with Gasteiger partial charge in [-0.15, -0.1) is 0 Å². The number of rotatable bonds is 6. The summed E-state index contributed by atoms with van der Waals surface area (Å²) < 4.78 is 40.6. The van der Waals surface area contributed by atoms with Crippen molar-refractivity contribution in [3.05, 3.63) is 29.6 Å². The Morgan fingerprint density at radius 1 is 1.33 bits per heavy atom. The van der Waals surface area contributed by atoms with Gasteiger partial charge in [-0.05, 0) is 43.0 Å². The largest absolute Gasteiger partial charge is 0.289 e. The molecule has 3 N–H and O–H groups in total. The molecular weight excluding hydrogens is 335 g/mol. The van der Waals surface area contributed by atoms with E-state index in [0.717, 1.165) is 44.2 Å². The van der Waals surface area contributed by atoms with Gasteiger partial charge in [0.05, 0.1) is 4.90 Å². The van der Waals surface area contributed by atoms with Gasteiger partial charge < -0.3 is 0 Å². The molecule has 0 heterocycles. The predicted octanol–water partition coefficient (Wildman–Crippen LogP) is 2.26. The molecule has 1 saturated carbocycles. The second-order valence-corrected chi connectivity index (χ2v) is 8.01. The van der Waals surface area contributed by atoms with Crippen molar-refractivity contribution < 1.29 is 22.8 Å². The van der Waals surface area contributed by atoms with Crippen molar-refractivity contribution in [3.63, 3.8) is 0 Å². The Hall–Kier alpha value is -1.51. The van der Waals surface area contributed by atoms with Crippen LogP contribution in [-0.4, -0.2) is 25.6 Å². The lowest BCUT2D eigenvalue weighted by Crippen LogP contribution is -2.46. The topological polar surface area (TPSA) is 95.5 Å². The van der Waals surface area contributed by atoms with Crippen LogP contribution in [0.1, 0.15) is 44.1 Å². The Morgan fingerprint density at radius 3 is 2.58 bits per heavy atom. The first kappa shape index (κ1) is 18.8. The number of carbonyl (C=O) groups is 1. The molecule has 1 fully saturated rings. The summed E-state index contributed by atoms with van der Waals surface area (Å²) in [6, 6.07) is 2.38. The molecule has 8 heteroatoms. The molecule has 0 aromatic heterocycles. The maximum atomic E-state index is 13.3. The van der Waals surface area contributed by atoms with Gasteiger partial charge in [-0.2, -0.15) is 4.72 Å². The molecular formula is C16H23FN2O4S. The minimum atomic E-state index is -3.99. The van der Waals surface area contributed by atoms with Crippen LogP contribution in [0.15, 0.2) is 23.1 Å². The lowest BCUT2D eigenvalue weighted by molar-refractivity contribution is -0.131. The molecule has 1 aromatic rings. The second-order valence-electron chi connectivity index (χ2n) is 6.30. The SMILES string of the molecule is Cc1cc(S(=O)(=O)NC(CC2CCCCC2)C(=O)NO)ccc1F. The van der Waals surface area contributed by atoms with Crippen LogP contribution >= 0.6 is 0 Å². The van der Waals surface area contributed by atoms with Gasteiger partial charge in [-0.1, -0.05) is 32.1 Å². The first-order valence-corrected chi connectivity index (χ1v) is 9.54. The van der Waals surface area contributed by atoms with Gasteiger partial charge in [0.1, 0.15) is 11.9 Å². The number of hydroxylamine groups is 1. The highest BCUT2D eigenvalue weighted by Gasteiger charge is 2.29. The fourth-order valence-electron chi connectivity index (χ4n) is 3.08. The fourth-order valence-corrected chi connectivity index (χ4v) is 4.38. The molecule has 0 aliphatic heterocycles. The number of benzene rings is 1. The summed E-state index contributed by atoms with van der Waals surface area (Å²) in [4.78, 5) is 11.8. The molecule has 24 heavy (non-hydrogen) atoms. The molecule has 0 spiro atoms. The Labute approximate surface area is 141 Å². The van der Waals surface area contributed by atoms with Crippen LogP contribution in [0.4, 0.5) is 4.39 Å². The fraction of sp³-hybridized carbons (Fsp3) is 0.562. The molecule has 1 amide bonds. The second kappa shape index (κ2) is 8.04. The van der Waals surface area contributed by atoms with E-state index in [4.69, 9.17) is 5.21 Å². The van der Waals surface area contributed by atoms with Crippen LogP contribution in [0.3, 0.4) is 0 Å². The maximum absolute atomic E-state index is 13.3. The van der Waals surface area contributed by atoms with Crippen LogP contribution in [0.2, 0.25) is 0 Å². The Morgan fingerprint density at radius 2 is 2.00 bits per heavy atom. The first-order valence-electron chi connectivity index (χ1n) is 8.06. The van der Waals surface area contributed by atoms with Gasteiger partial charge in [0, 0.05) is 0 Å². The van der Waals surface area contributed by atoms with Crippen molar-refractivity contribution in [2.75, 3.05) is 0 Å². The smallest absolute Gasteiger partial charge is 0.261 e. The third kappa shape index (κ3) is 4.75. The van der Waals surface area contributed by atoms with Gasteiger partial charge in [-0.3, -0.25) is 10.0 Å². The zero-order valence-electron chi connectivity index (χ0n) is 13.6. The van der Waals surface area contributed by atoms with E-state index < -0.39 is 27.8 Å². The van der Waals surface area contributed by atoms with Crippen molar-refractivity contribution in [2.45, 2.75) is 56.4 Å². The van der Waals surface area contributed by atoms with Gasteiger partial charge in [0.25, 0.3) is 5.91 Å². The van der Waals surface area contributed by atoms with E-state index in [0.29, 0.717) is 6.42 Å². The van der Waals surface area contributed by atoms with Crippen LogP contribution < -0.4 is 10.2 Å². The number of carbonyl (C=O) groups excluding carboxylic acids is 1. The lowest BCUT2D eigenvalue weighted by atomic mass is 9.85. The van der Waals surface area contributed by atoms with Gasteiger partial charge >= 0.3 is 0 Å². The standard InChI is InChI=1S/C16H23FN2O4S/c1-11-9-13(7-8-14(11)17)24(22,23)19-15(16(20)18-21)10-12-5-3-2-4-6-12/h7-9,12,15,19,21H,2-6,10H2,1H3,(H,18,20). The van der Waals surface area contributed by atoms with E-state index in [9.17, 15) is 17.6 Å². The summed E-state index contributed by atoms with van der Waals surface area (Å²) >= 11 is 0. The molecule has 1 atom stereocenters. The van der Waals surface area contributed by atoms with Crippen LogP contribution in [-0.2, 0) is 14.8 Å². The lowest BCUT2D eigenvalue weighted by Gasteiger charge is -2.26. The van der Waals surface area contributed by atoms with Crippen molar-refractivity contribution >= 4 is 15.9 Å². The number of hydrogen-bond donors (Lipinski definition) is 3. The highest BCUT2D eigenvalue weighted by atomic mass is 32.2. The maximum Gasteiger partial charge on any atom is 0.261 e. The molecule has 0 bridgehead atoms. The quantitative estimate of drug-likeness (QED) is 0.537. The Balaban J connectivity index is 2.17. The number of nitrogens with one attached hydrogen (secondary N) is 2. The molecule has 1 unspecified atom stereocenters. The van der Waals surface area contributed by atoms with Gasteiger partial charge in [-0.25, -0.2) is 18.3 Å². The summed E-state index contributed by atoms with van der Waals surface area (Å²) in [5.74, 6) is -1.05. The monoisotopic (exact) mass is 358 g/mol. The minimum Gasteiger partial charge on any atom is -0.289 e. The third-order valence-electron chi connectivity index (χ3n) is 4.46. The third-order valence-corrected chi connectivity index (χ3v) is 5.93. The van der Waals surface area contributed by atoms with E-state index >= 15 is 0 Å². The predicted molar refractivity (Wildman–Crippen MR) is 86.4 cm³/mol. The number of sulfonamides is 1. The van der Waals surface area contributed by atoms with Crippen LogP contribution in [0.25, 0.3) is 0 Å². The van der Waals surface area contributed by atoms with Crippen molar-refractivity contribution in [3.8, 4) is 0 Å². The van der Waals surface area contributed by atoms with Crippen molar-refractivity contribution in [1.82, 2.24) is 10.2 Å². The van der Waals surface area contributed by atoms with Crippen molar-refractivity contribution in [1.29, 1.82) is 0 Å². The summed E-state index contributed by atoms with van der Waals surface area (Å²) in [6.07, 6.45) is 5.46. The Kier molecular flexibility index (Phi) is 6.31. The highest BCUT2D eigenvalue weighted by Crippen LogP contribution is 2.28. The summed E-state index contributed by atoms with van der Waals surface area (Å²) in [5, 5.41) is 8.90. The molecule has 1 aliphatic rings. The van der Waals surface area contributed by atoms with E-state index in [2.05, 4.69) is 4.72 Å². The van der Waals surface area contributed by atoms with E-state index in [1.54, 1.807) is 0 Å². The van der Waals surface area contributed by atoms with E-state index in [-0.39, 0.29) is 16.4 Å². The Bertz CT molecular complexity index is 687. The molecule has 6 nitrogen and oxygen atoms in total. The van der Waals surface area contributed by atoms with Gasteiger partial charge in [0.15, 0.2) is 0 Å². The normalized spacial score (nSPS) is 17.5. The minimum absolute atomic E-state index is 0.110. The molecule has 2 rings (SSSR count). The molecule has 0 saturated heterocycles. The number of aryl methyl sites for hydroxylation is 1. The summed E-state index contributed by atoms with van der Waals surface area (Å²) in [6.45, 7) is 1.47. The summed E-state index contributed by atoms with van der Waals surface area (Å²) in [5.41, 5.74) is 1.73. The molecule has 0 radical (unpaired) electrons.